The van der Waals surface area contributed by atoms with Crippen LogP contribution in [0.5, 0.6) is 0 Å². The highest BCUT2D eigenvalue weighted by molar-refractivity contribution is 5.83. The molecule has 0 fully saturated rings. The van der Waals surface area contributed by atoms with E-state index in [0.717, 1.165) is 0 Å². The standard InChI is InChI=1S/C12H19F2NO3/c1-2-3-8-11(16)15-9(12(17)18)6-4-5-7-10(13)14/h2,9-10H,1,3-8H2,(H,15,16)(H,17,18)/t9-/m0/s1. The minimum atomic E-state index is -2.37. The Kier molecular flexibility index (Phi) is 8.78. The molecule has 0 saturated heterocycles. The van der Waals surface area contributed by atoms with Crippen LogP contribution < -0.4 is 5.32 Å². The fraction of sp³-hybridized carbons (Fsp3) is 0.667. The van der Waals surface area contributed by atoms with Crippen LogP contribution in [0.3, 0.4) is 0 Å². The van der Waals surface area contributed by atoms with E-state index in [1.165, 1.54) is 0 Å². The first kappa shape index (κ1) is 16.5. The number of allylic oxidation sites excluding steroid dienone is 1. The number of nitrogens with one attached hydrogen (secondary N) is 1. The highest BCUT2D eigenvalue weighted by Gasteiger charge is 2.19. The summed E-state index contributed by atoms with van der Waals surface area (Å²) >= 11 is 0. The second-order valence-electron chi connectivity index (χ2n) is 3.96. The third-order valence-electron chi connectivity index (χ3n) is 2.37. The van der Waals surface area contributed by atoms with Gasteiger partial charge in [-0.2, -0.15) is 0 Å². The third kappa shape index (κ3) is 8.66. The van der Waals surface area contributed by atoms with E-state index in [1.807, 2.05) is 0 Å². The number of carbonyl (C=O) groups is 2. The number of alkyl halides is 2. The number of hydrogen-bond acceptors (Lipinski definition) is 2. The molecule has 0 radical (unpaired) electrons. The van der Waals surface area contributed by atoms with Crippen molar-refractivity contribution in [2.45, 2.75) is 51.0 Å². The van der Waals surface area contributed by atoms with Gasteiger partial charge in [0.25, 0.3) is 0 Å². The normalized spacial score (nSPS) is 12.2. The molecule has 6 heteroatoms. The van der Waals surface area contributed by atoms with E-state index < -0.39 is 18.4 Å². The monoisotopic (exact) mass is 263 g/mol. The van der Waals surface area contributed by atoms with Gasteiger partial charge < -0.3 is 10.4 Å². The van der Waals surface area contributed by atoms with Crippen molar-refractivity contribution in [1.82, 2.24) is 5.32 Å². The van der Waals surface area contributed by atoms with Crippen LogP contribution in [-0.4, -0.2) is 29.5 Å². The SMILES string of the molecule is C=CCCC(=O)N[C@@H](CCCCC(F)F)C(=O)O. The summed E-state index contributed by atoms with van der Waals surface area (Å²) in [5.41, 5.74) is 0. The lowest BCUT2D eigenvalue weighted by Gasteiger charge is -2.14. The van der Waals surface area contributed by atoms with Crippen molar-refractivity contribution in [3.8, 4) is 0 Å². The maximum absolute atomic E-state index is 11.9. The Morgan fingerprint density at radius 3 is 2.39 bits per heavy atom. The fourth-order valence-electron chi connectivity index (χ4n) is 1.40. The molecule has 0 aromatic rings. The van der Waals surface area contributed by atoms with Gasteiger partial charge in [0.1, 0.15) is 6.04 Å². The van der Waals surface area contributed by atoms with Crippen LogP contribution in [0.15, 0.2) is 12.7 Å². The Labute approximate surface area is 105 Å². The van der Waals surface area contributed by atoms with E-state index in [2.05, 4.69) is 11.9 Å². The smallest absolute Gasteiger partial charge is 0.326 e. The summed E-state index contributed by atoms with van der Waals surface area (Å²) in [6, 6.07) is -1.00. The first-order chi connectivity index (χ1) is 8.47. The third-order valence-corrected chi connectivity index (χ3v) is 2.37. The van der Waals surface area contributed by atoms with Crippen LogP contribution in [0.4, 0.5) is 8.78 Å². The lowest BCUT2D eigenvalue weighted by Crippen LogP contribution is -2.40. The van der Waals surface area contributed by atoms with E-state index in [4.69, 9.17) is 5.11 Å². The summed E-state index contributed by atoms with van der Waals surface area (Å²) in [5, 5.41) is 11.2. The Morgan fingerprint density at radius 2 is 1.89 bits per heavy atom. The molecule has 104 valence electrons. The summed E-state index contributed by atoms with van der Waals surface area (Å²) in [6.45, 7) is 3.46. The average Bonchev–Trinajstić information content (AvgIpc) is 2.29. The predicted molar refractivity (Wildman–Crippen MR) is 63.5 cm³/mol. The number of carbonyl (C=O) groups excluding carboxylic acids is 1. The zero-order chi connectivity index (χ0) is 14.0. The van der Waals surface area contributed by atoms with Crippen LogP contribution in [0, 0.1) is 0 Å². The average molecular weight is 263 g/mol. The Hall–Kier alpha value is -1.46. The maximum atomic E-state index is 11.9. The molecule has 0 aromatic heterocycles. The number of amides is 1. The minimum Gasteiger partial charge on any atom is -0.480 e. The number of carboxylic acids is 1. The van der Waals surface area contributed by atoms with Crippen molar-refractivity contribution in [2.75, 3.05) is 0 Å². The highest BCUT2D eigenvalue weighted by Crippen LogP contribution is 2.09. The molecule has 1 atom stereocenters. The molecule has 0 aliphatic heterocycles. The van der Waals surface area contributed by atoms with Gasteiger partial charge in [-0.1, -0.05) is 12.5 Å². The second kappa shape index (κ2) is 9.56. The van der Waals surface area contributed by atoms with Crippen LogP contribution in [0.2, 0.25) is 0 Å². The summed E-state index contributed by atoms with van der Waals surface area (Å²) < 4.78 is 23.7. The predicted octanol–water partition coefficient (Wildman–Crippen LogP) is 2.35. The molecule has 0 bridgehead atoms. The van der Waals surface area contributed by atoms with Gasteiger partial charge in [-0.25, -0.2) is 13.6 Å². The molecular weight excluding hydrogens is 244 g/mol. The van der Waals surface area contributed by atoms with Crippen LogP contribution in [0.25, 0.3) is 0 Å². The molecule has 0 unspecified atom stereocenters. The number of halogens is 2. The number of unbranched alkanes of at least 4 members (excludes halogenated alkanes) is 1. The highest BCUT2D eigenvalue weighted by atomic mass is 19.3. The summed E-state index contributed by atoms with van der Waals surface area (Å²) in [7, 11) is 0. The van der Waals surface area contributed by atoms with Gasteiger partial charge in [-0.15, -0.1) is 6.58 Å². The van der Waals surface area contributed by atoms with E-state index in [-0.39, 0.29) is 31.6 Å². The first-order valence-corrected chi connectivity index (χ1v) is 5.88. The molecule has 0 saturated carbocycles. The molecule has 18 heavy (non-hydrogen) atoms. The number of rotatable bonds is 10. The van der Waals surface area contributed by atoms with Crippen molar-refractivity contribution < 1.29 is 23.5 Å². The molecule has 0 aromatic carbocycles. The molecule has 0 spiro atoms. The lowest BCUT2D eigenvalue weighted by molar-refractivity contribution is -0.142. The van der Waals surface area contributed by atoms with Gasteiger partial charge in [0, 0.05) is 12.8 Å². The quantitative estimate of drug-likeness (QED) is 0.469. The molecule has 1 amide bonds. The number of hydrogen-bond donors (Lipinski definition) is 2. The zero-order valence-electron chi connectivity index (χ0n) is 10.2. The molecular formula is C12H19F2NO3. The largest absolute Gasteiger partial charge is 0.480 e. The van der Waals surface area contributed by atoms with Gasteiger partial charge in [0.2, 0.25) is 12.3 Å². The Balaban J connectivity index is 3.95. The van der Waals surface area contributed by atoms with Crippen molar-refractivity contribution in [2.24, 2.45) is 0 Å². The van der Waals surface area contributed by atoms with E-state index in [0.29, 0.717) is 12.8 Å². The summed E-state index contributed by atoms with van der Waals surface area (Å²) in [6.07, 6.45) is 0.396. The van der Waals surface area contributed by atoms with Gasteiger partial charge >= 0.3 is 5.97 Å². The Bertz CT molecular complexity index is 282. The summed E-state index contributed by atoms with van der Waals surface area (Å²) in [5.74, 6) is -1.50. The van der Waals surface area contributed by atoms with Gasteiger partial charge in [0.15, 0.2) is 0 Å². The van der Waals surface area contributed by atoms with E-state index in [9.17, 15) is 18.4 Å². The topological polar surface area (TPSA) is 66.4 Å². The van der Waals surface area contributed by atoms with Crippen molar-refractivity contribution in [3.05, 3.63) is 12.7 Å². The number of aliphatic carboxylic acids is 1. The van der Waals surface area contributed by atoms with E-state index in [1.54, 1.807) is 6.08 Å². The van der Waals surface area contributed by atoms with E-state index >= 15 is 0 Å². The maximum Gasteiger partial charge on any atom is 0.326 e. The Morgan fingerprint density at radius 1 is 1.28 bits per heavy atom. The van der Waals surface area contributed by atoms with Gasteiger partial charge in [-0.05, 0) is 19.3 Å². The second-order valence-corrected chi connectivity index (χ2v) is 3.96. The molecule has 0 rings (SSSR count). The summed E-state index contributed by atoms with van der Waals surface area (Å²) in [4.78, 5) is 22.2. The molecule has 0 heterocycles. The first-order valence-electron chi connectivity index (χ1n) is 5.88. The van der Waals surface area contributed by atoms with Crippen molar-refractivity contribution in [1.29, 1.82) is 0 Å². The number of carboxylic acid groups (broad SMARTS) is 1. The molecule has 4 nitrogen and oxygen atoms in total. The molecule has 0 aliphatic rings. The zero-order valence-corrected chi connectivity index (χ0v) is 10.2. The van der Waals surface area contributed by atoms with Crippen LogP contribution in [-0.2, 0) is 9.59 Å². The van der Waals surface area contributed by atoms with Crippen molar-refractivity contribution >= 4 is 11.9 Å². The lowest BCUT2D eigenvalue weighted by atomic mass is 10.1. The fourth-order valence-corrected chi connectivity index (χ4v) is 1.40. The van der Waals surface area contributed by atoms with Gasteiger partial charge in [-0.3, -0.25) is 4.79 Å². The minimum absolute atomic E-state index is 0.169. The van der Waals surface area contributed by atoms with Crippen LogP contribution >= 0.6 is 0 Å². The molecule has 2 N–H and O–H groups in total. The van der Waals surface area contributed by atoms with Crippen LogP contribution in [0.1, 0.15) is 38.5 Å². The van der Waals surface area contributed by atoms with Crippen molar-refractivity contribution in [3.63, 3.8) is 0 Å². The van der Waals surface area contributed by atoms with Gasteiger partial charge in [0.05, 0.1) is 0 Å². The molecule has 0 aliphatic carbocycles.